The van der Waals surface area contributed by atoms with Gasteiger partial charge in [-0.15, -0.1) is 0 Å². The molecular weight excluding hydrogens is 388 g/mol. The Kier molecular flexibility index (Phi) is 18.4. The smallest absolute Gasteiger partial charge is 0.338 e. The first-order valence-corrected chi connectivity index (χ1v) is 13.7. The maximum atomic E-state index is 11.2. The van der Waals surface area contributed by atoms with Gasteiger partial charge in [0.15, 0.2) is 6.10 Å². The molecule has 1 aliphatic rings. The van der Waals surface area contributed by atoms with E-state index < -0.39 is 24.3 Å². The fourth-order valence-electron chi connectivity index (χ4n) is 4.64. The van der Waals surface area contributed by atoms with Crippen molar-refractivity contribution in [2.24, 2.45) is 0 Å². The molecule has 0 aromatic carbocycles. The maximum Gasteiger partial charge on any atom is 0.338 e. The molecule has 184 valence electrons. The van der Waals surface area contributed by atoms with Crippen LogP contribution in [0.2, 0.25) is 0 Å². The molecule has 4 nitrogen and oxygen atoms in total. The monoisotopic (exact) mass is 440 g/mol. The SMILES string of the molecule is CCCCCCCCCCCCCCCCCCCCCCC[C@H]1OC(=O)[C@H](O)[C@@H]1O. The van der Waals surface area contributed by atoms with Crippen LogP contribution in [0.4, 0.5) is 0 Å². The molecule has 0 aromatic heterocycles. The highest BCUT2D eigenvalue weighted by molar-refractivity contribution is 5.77. The molecule has 0 unspecified atom stereocenters. The lowest BCUT2D eigenvalue weighted by atomic mass is 10.0. The third kappa shape index (κ3) is 15.0. The van der Waals surface area contributed by atoms with Gasteiger partial charge in [-0.05, 0) is 12.8 Å². The summed E-state index contributed by atoms with van der Waals surface area (Å²) in [4.78, 5) is 11.2. The standard InChI is InChI=1S/C27H52O4/c1-2-3-4-5-6-7-8-9-10-11-12-13-14-15-16-17-18-19-20-21-22-23-24-25(28)26(29)27(30)31-24/h24-26,28-29H,2-23H2,1H3/t24-,25-,26-/m1/s1. The first kappa shape index (κ1) is 28.4. The molecule has 0 amide bonds. The van der Waals surface area contributed by atoms with Crippen molar-refractivity contribution in [3.8, 4) is 0 Å². The molecule has 0 aliphatic carbocycles. The van der Waals surface area contributed by atoms with Crippen molar-refractivity contribution in [2.75, 3.05) is 0 Å². The number of cyclic esters (lactones) is 1. The van der Waals surface area contributed by atoms with Crippen LogP contribution in [0.25, 0.3) is 0 Å². The zero-order chi connectivity index (χ0) is 22.6. The van der Waals surface area contributed by atoms with Gasteiger partial charge in [-0.2, -0.15) is 0 Å². The van der Waals surface area contributed by atoms with Crippen molar-refractivity contribution in [3.63, 3.8) is 0 Å². The molecule has 2 N–H and O–H groups in total. The Morgan fingerprint density at radius 2 is 0.903 bits per heavy atom. The number of aliphatic hydroxyl groups excluding tert-OH is 2. The van der Waals surface area contributed by atoms with Gasteiger partial charge in [0.05, 0.1) is 0 Å². The zero-order valence-corrected chi connectivity index (χ0v) is 20.5. The summed E-state index contributed by atoms with van der Waals surface area (Å²) in [7, 11) is 0. The topological polar surface area (TPSA) is 66.8 Å². The fourth-order valence-corrected chi connectivity index (χ4v) is 4.64. The van der Waals surface area contributed by atoms with Crippen LogP contribution < -0.4 is 0 Å². The quantitative estimate of drug-likeness (QED) is 0.138. The third-order valence-electron chi connectivity index (χ3n) is 6.81. The minimum atomic E-state index is -1.35. The third-order valence-corrected chi connectivity index (χ3v) is 6.81. The lowest BCUT2D eigenvalue weighted by Gasteiger charge is -2.12. The number of carbonyl (C=O) groups excluding carboxylic acids is 1. The molecule has 0 spiro atoms. The highest BCUT2D eigenvalue weighted by atomic mass is 16.6. The summed E-state index contributed by atoms with van der Waals surface area (Å²) in [5.74, 6) is -0.680. The van der Waals surface area contributed by atoms with Crippen molar-refractivity contribution >= 4 is 5.97 Å². The maximum absolute atomic E-state index is 11.2. The minimum absolute atomic E-state index is 0.511. The molecule has 0 bridgehead atoms. The summed E-state index contributed by atoms with van der Waals surface area (Å²) in [5, 5.41) is 19.1. The Morgan fingerprint density at radius 3 is 1.19 bits per heavy atom. The molecule has 1 saturated heterocycles. The van der Waals surface area contributed by atoms with Crippen LogP contribution in [0.3, 0.4) is 0 Å². The number of esters is 1. The van der Waals surface area contributed by atoms with Gasteiger partial charge in [0.1, 0.15) is 12.2 Å². The van der Waals surface area contributed by atoms with E-state index in [4.69, 9.17) is 4.74 Å². The highest BCUT2D eigenvalue weighted by Crippen LogP contribution is 2.21. The van der Waals surface area contributed by atoms with Crippen LogP contribution in [-0.4, -0.2) is 34.5 Å². The number of carbonyl (C=O) groups is 1. The Morgan fingerprint density at radius 1 is 0.581 bits per heavy atom. The molecule has 4 heteroatoms. The molecule has 0 saturated carbocycles. The zero-order valence-electron chi connectivity index (χ0n) is 20.5. The molecule has 31 heavy (non-hydrogen) atoms. The van der Waals surface area contributed by atoms with Gasteiger partial charge in [-0.3, -0.25) is 0 Å². The van der Waals surface area contributed by atoms with Crippen LogP contribution in [-0.2, 0) is 9.53 Å². The molecule has 0 aromatic rings. The van der Waals surface area contributed by atoms with Crippen molar-refractivity contribution in [3.05, 3.63) is 0 Å². The minimum Gasteiger partial charge on any atom is -0.457 e. The lowest BCUT2D eigenvalue weighted by molar-refractivity contribution is -0.147. The molecule has 1 fully saturated rings. The molecule has 0 radical (unpaired) electrons. The molecular formula is C27H52O4. The van der Waals surface area contributed by atoms with E-state index in [2.05, 4.69) is 6.92 Å². The van der Waals surface area contributed by atoms with Crippen molar-refractivity contribution in [2.45, 2.75) is 166 Å². The van der Waals surface area contributed by atoms with Gasteiger partial charge >= 0.3 is 5.97 Å². The van der Waals surface area contributed by atoms with Crippen LogP contribution in [0.1, 0.15) is 148 Å². The van der Waals surface area contributed by atoms with E-state index >= 15 is 0 Å². The van der Waals surface area contributed by atoms with Gasteiger partial charge < -0.3 is 14.9 Å². The Hall–Kier alpha value is -0.610. The second-order valence-electron chi connectivity index (χ2n) is 9.77. The van der Waals surface area contributed by atoms with E-state index in [1.807, 2.05) is 0 Å². The van der Waals surface area contributed by atoms with Gasteiger partial charge in [0, 0.05) is 0 Å². The first-order chi connectivity index (χ1) is 15.2. The van der Waals surface area contributed by atoms with Crippen molar-refractivity contribution in [1.29, 1.82) is 0 Å². The van der Waals surface area contributed by atoms with E-state index in [0.29, 0.717) is 6.42 Å². The van der Waals surface area contributed by atoms with E-state index in [1.165, 1.54) is 122 Å². The van der Waals surface area contributed by atoms with Crippen LogP contribution in [0.5, 0.6) is 0 Å². The average molecular weight is 441 g/mol. The number of unbranched alkanes of at least 4 members (excludes halogenated alkanes) is 20. The Balaban J connectivity index is 1.70. The fraction of sp³-hybridized carbons (Fsp3) is 0.963. The largest absolute Gasteiger partial charge is 0.457 e. The number of hydrogen-bond acceptors (Lipinski definition) is 4. The van der Waals surface area contributed by atoms with E-state index in [-0.39, 0.29) is 0 Å². The predicted molar refractivity (Wildman–Crippen MR) is 129 cm³/mol. The number of rotatable bonds is 22. The number of hydrogen-bond donors (Lipinski definition) is 2. The number of ether oxygens (including phenoxy) is 1. The average Bonchev–Trinajstić information content (AvgIpc) is 3.01. The molecule has 3 atom stereocenters. The van der Waals surface area contributed by atoms with Crippen LogP contribution in [0.15, 0.2) is 0 Å². The van der Waals surface area contributed by atoms with E-state index in [0.717, 1.165) is 12.8 Å². The van der Waals surface area contributed by atoms with E-state index in [9.17, 15) is 15.0 Å². The molecule has 1 heterocycles. The van der Waals surface area contributed by atoms with Crippen LogP contribution >= 0.6 is 0 Å². The summed E-state index contributed by atoms with van der Waals surface area (Å²) < 4.78 is 4.99. The summed E-state index contributed by atoms with van der Waals surface area (Å²) in [5.41, 5.74) is 0. The molecule has 1 aliphatic heterocycles. The summed E-state index contributed by atoms with van der Waals surface area (Å²) in [6.45, 7) is 2.28. The lowest BCUT2D eigenvalue weighted by Crippen LogP contribution is -2.30. The molecule has 1 rings (SSSR count). The van der Waals surface area contributed by atoms with Gasteiger partial charge in [-0.25, -0.2) is 4.79 Å². The van der Waals surface area contributed by atoms with Gasteiger partial charge in [0.25, 0.3) is 0 Å². The van der Waals surface area contributed by atoms with Gasteiger partial charge in [-0.1, -0.05) is 135 Å². The normalized spacial score (nSPS) is 21.0. The van der Waals surface area contributed by atoms with Gasteiger partial charge in [0.2, 0.25) is 0 Å². The van der Waals surface area contributed by atoms with E-state index in [1.54, 1.807) is 0 Å². The summed E-state index contributed by atoms with van der Waals surface area (Å²) >= 11 is 0. The number of aliphatic hydroxyl groups is 2. The van der Waals surface area contributed by atoms with Crippen molar-refractivity contribution in [1.82, 2.24) is 0 Å². The highest BCUT2D eigenvalue weighted by Gasteiger charge is 2.41. The van der Waals surface area contributed by atoms with Crippen LogP contribution in [0, 0.1) is 0 Å². The summed E-state index contributed by atoms with van der Waals surface area (Å²) in [6.07, 6.45) is 26.3. The predicted octanol–water partition coefficient (Wildman–Crippen LogP) is 7.24. The second kappa shape index (κ2) is 20.0. The first-order valence-electron chi connectivity index (χ1n) is 13.7. The Bertz CT molecular complexity index is 412. The second-order valence-corrected chi connectivity index (χ2v) is 9.77. The Labute approximate surface area is 192 Å². The van der Waals surface area contributed by atoms with Crippen molar-refractivity contribution < 1.29 is 19.7 Å². The summed E-state index contributed by atoms with van der Waals surface area (Å²) in [6, 6.07) is 0.